The molecule has 0 aliphatic carbocycles. The third kappa shape index (κ3) is 6.60. The van der Waals surface area contributed by atoms with Crippen molar-refractivity contribution < 1.29 is 22.9 Å². The number of amides is 3. The minimum Gasteiger partial charge on any atom is -0.338 e. The Bertz CT molecular complexity index is 729. The second-order valence-electron chi connectivity index (χ2n) is 7.13. The van der Waals surface area contributed by atoms with Crippen molar-refractivity contribution in [2.24, 2.45) is 5.92 Å². The van der Waals surface area contributed by atoms with Gasteiger partial charge in [-0.15, -0.1) is 0 Å². The van der Waals surface area contributed by atoms with Gasteiger partial charge in [0.25, 0.3) is 5.91 Å². The average molecular weight is 398 g/mol. The molecule has 1 aliphatic rings. The lowest BCUT2D eigenvalue weighted by Crippen LogP contribution is -3.15. The number of hydrogen-bond donors (Lipinski definition) is 3. The quantitative estimate of drug-likeness (QED) is 0.575. The summed E-state index contributed by atoms with van der Waals surface area (Å²) in [6.07, 6.45) is 0.852. The Morgan fingerprint density at radius 2 is 1.78 bits per heavy atom. The predicted octanol–water partition coefficient (Wildman–Crippen LogP) is -0.552. The van der Waals surface area contributed by atoms with Crippen LogP contribution in [-0.2, 0) is 14.8 Å². The number of quaternary nitrogens is 1. The van der Waals surface area contributed by atoms with Crippen molar-refractivity contribution >= 4 is 22.0 Å². The molecule has 150 valence electrons. The van der Waals surface area contributed by atoms with Gasteiger partial charge in [-0.2, -0.15) is 4.31 Å². The summed E-state index contributed by atoms with van der Waals surface area (Å²) in [5, 5.41) is 4.99. The Morgan fingerprint density at radius 3 is 2.37 bits per heavy atom. The largest absolute Gasteiger partial charge is 0.338 e. The summed E-state index contributed by atoms with van der Waals surface area (Å²) in [6.45, 7) is 6.54. The van der Waals surface area contributed by atoms with Gasteiger partial charge in [0.15, 0.2) is 6.54 Å². The first kappa shape index (κ1) is 21.3. The van der Waals surface area contributed by atoms with Crippen molar-refractivity contribution in [3.8, 4) is 0 Å². The van der Waals surface area contributed by atoms with E-state index in [0.29, 0.717) is 38.6 Å². The highest BCUT2D eigenvalue weighted by Gasteiger charge is 2.31. The monoisotopic (exact) mass is 397 g/mol. The van der Waals surface area contributed by atoms with Crippen molar-refractivity contribution in [3.63, 3.8) is 0 Å². The zero-order valence-electron chi connectivity index (χ0n) is 15.9. The third-order valence-corrected chi connectivity index (χ3v) is 6.39. The fraction of sp³-hybridized carbons (Fsp3) is 0.556. The number of carbonyl (C=O) groups is 2. The first-order valence-corrected chi connectivity index (χ1v) is 10.7. The summed E-state index contributed by atoms with van der Waals surface area (Å²) in [4.78, 5) is 24.9. The van der Waals surface area contributed by atoms with Gasteiger partial charge in [-0.3, -0.25) is 10.1 Å². The molecular formula is C18H29N4O4S+. The van der Waals surface area contributed by atoms with Crippen LogP contribution in [0, 0.1) is 5.92 Å². The fourth-order valence-electron chi connectivity index (χ4n) is 2.88. The number of urea groups is 1. The second kappa shape index (κ2) is 9.82. The van der Waals surface area contributed by atoms with E-state index in [1.807, 2.05) is 0 Å². The van der Waals surface area contributed by atoms with E-state index in [2.05, 4.69) is 24.5 Å². The van der Waals surface area contributed by atoms with Gasteiger partial charge < -0.3 is 10.2 Å². The molecule has 0 unspecified atom stereocenters. The predicted molar refractivity (Wildman–Crippen MR) is 102 cm³/mol. The number of benzene rings is 1. The van der Waals surface area contributed by atoms with Gasteiger partial charge in [0.05, 0.1) is 31.1 Å². The molecule has 1 saturated heterocycles. The Kier molecular flexibility index (Phi) is 7.76. The molecular weight excluding hydrogens is 368 g/mol. The molecule has 1 aliphatic heterocycles. The van der Waals surface area contributed by atoms with Crippen molar-refractivity contribution in [1.29, 1.82) is 0 Å². The minimum atomic E-state index is -3.49. The summed E-state index contributed by atoms with van der Waals surface area (Å²) in [6, 6.07) is 7.86. The van der Waals surface area contributed by atoms with Crippen LogP contribution < -0.4 is 15.5 Å². The van der Waals surface area contributed by atoms with Crippen molar-refractivity contribution in [2.45, 2.75) is 25.2 Å². The molecule has 3 amide bonds. The number of imide groups is 1. The van der Waals surface area contributed by atoms with Crippen LogP contribution in [0.4, 0.5) is 4.79 Å². The molecule has 1 heterocycles. The average Bonchev–Trinajstić information content (AvgIpc) is 2.62. The molecule has 0 spiro atoms. The van der Waals surface area contributed by atoms with Gasteiger partial charge in [0.2, 0.25) is 10.0 Å². The molecule has 1 aromatic rings. The lowest BCUT2D eigenvalue weighted by Gasteiger charge is -2.31. The molecule has 9 heteroatoms. The minimum absolute atomic E-state index is 0.150. The SMILES string of the molecule is CC(C)CCNC(=O)NC(=O)C[NH+]1CCN(S(=O)(=O)c2ccccc2)CC1. The van der Waals surface area contributed by atoms with E-state index in [9.17, 15) is 18.0 Å². The normalized spacial score (nSPS) is 16.3. The fourth-order valence-corrected chi connectivity index (χ4v) is 4.34. The maximum Gasteiger partial charge on any atom is 0.321 e. The van der Waals surface area contributed by atoms with Gasteiger partial charge >= 0.3 is 6.03 Å². The molecule has 0 aromatic heterocycles. The smallest absolute Gasteiger partial charge is 0.321 e. The standard InChI is InChI=1S/C18H28N4O4S/c1-15(2)8-9-19-18(24)20-17(23)14-21-10-12-22(13-11-21)27(25,26)16-6-4-3-5-7-16/h3-7,15H,8-14H2,1-2H3,(H2,19,20,23,24)/p+1. The molecule has 1 fully saturated rings. The van der Waals surface area contributed by atoms with Crippen LogP contribution >= 0.6 is 0 Å². The molecule has 8 nitrogen and oxygen atoms in total. The summed E-state index contributed by atoms with van der Waals surface area (Å²) in [5.74, 6) is 0.125. The summed E-state index contributed by atoms with van der Waals surface area (Å²) in [7, 11) is -3.49. The molecule has 0 saturated carbocycles. The van der Waals surface area contributed by atoms with Crippen molar-refractivity contribution in [3.05, 3.63) is 30.3 Å². The summed E-state index contributed by atoms with van der Waals surface area (Å²) >= 11 is 0. The number of nitrogens with one attached hydrogen (secondary N) is 3. The lowest BCUT2D eigenvalue weighted by molar-refractivity contribution is -0.895. The van der Waals surface area contributed by atoms with Gasteiger partial charge in [0.1, 0.15) is 0 Å². The maximum atomic E-state index is 12.6. The molecule has 0 atom stereocenters. The lowest BCUT2D eigenvalue weighted by atomic mass is 10.1. The van der Waals surface area contributed by atoms with E-state index in [1.165, 1.54) is 4.31 Å². The number of rotatable bonds is 7. The first-order chi connectivity index (χ1) is 12.8. The molecule has 2 rings (SSSR count). The van der Waals surface area contributed by atoms with E-state index >= 15 is 0 Å². The van der Waals surface area contributed by atoms with Crippen molar-refractivity contribution in [1.82, 2.24) is 14.9 Å². The Hall–Kier alpha value is -1.97. The van der Waals surface area contributed by atoms with E-state index in [1.54, 1.807) is 30.3 Å². The Balaban J connectivity index is 1.76. The molecule has 0 radical (unpaired) electrons. The highest BCUT2D eigenvalue weighted by molar-refractivity contribution is 7.89. The summed E-state index contributed by atoms with van der Waals surface area (Å²) < 4.78 is 26.6. The molecule has 1 aromatic carbocycles. The Labute approximate surface area is 161 Å². The topological polar surface area (TPSA) is 100 Å². The van der Waals surface area contributed by atoms with Gasteiger partial charge in [-0.25, -0.2) is 13.2 Å². The molecule has 0 bridgehead atoms. The maximum absolute atomic E-state index is 12.6. The molecule has 27 heavy (non-hydrogen) atoms. The van der Waals surface area contributed by atoms with E-state index in [0.717, 1.165) is 11.3 Å². The summed E-state index contributed by atoms with van der Waals surface area (Å²) in [5.41, 5.74) is 0. The van der Waals surface area contributed by atoms with Gasteiger partial charge in [-0.05, 0) is 24.5 Å². The van der Waals surface area contributed by atoms with Crippen LogP contribution in [0.15, 0.2) is 35.2 Å². The van der Waals surface area contributed by atoms with Crippen LogP contribution in [0.25, 0.3) is 0 Å². The second-order valence-corrected chi connectivity index (χ2v) is 9.07. The van der Waals surface area contributed by atoms with E-state index in [4.69, 9.17) is 0 Å². The number of hydrogen-bond acceptors (Lipinski definition) is 4. The van der Waals surface area contributed by atoms with Crippen LogP contribution in [0.2, 0.25) is 0 Å². The van der Waals surface area contributed by atoms with Crippen LogP contribution in [0.5, 0.6) is 0 Å². The van der Waals surface area contributed by atoms with Crippen molar-refractivity contribution in [2.75, 3.05) is 39.3 Å². The van der Waals surface area contributed by atoms with E-state index in [-0.39, 0.29) is 17.3 Å². The van der Waals surface area contributed by atoms with Gasteiger partial charge in [-0.1, -0.05) is 32.0 Å². The number of carbonyl (C=O) groups excluding carboxylic acids is 2. The van der Waals surface area contributed by atoms with Crippen LogP contribution in [0.1, 0.15) is 20.3 Å². The third-order valence-electron chi connectivity index (χ3n) is 4.48. The van der Waals surface area contributed by atoms with Crippen LogP contribution in [-0.4, -0.2) is 63.9 Å². The first-order valence-electron chi connectivity index (χ1n) is 9.25. The van der Waals surface area contributed by atoms with E-state index < -0.39 is 16.1 Å². The highest BCUT2D eigenvalue weighted by Crippen LogP contribution is 2.14. The number of sulfonamides is 1. The number of piperazine rings is 1. The zero-order valence-corrected chi connectivity index (χ0v) is 16.7. The number of nitrogens with zero attached hydrogens (tertiary/aromatic N) is 1. The zero-order chi connectivity index (χ0) is 19.9. The Morgan fingerprint density at radius 1 is 1.15 bits per heavy atom. The van der Waals surface area contributed by atoms with Crippen LogP contribution in [0.3, 0.4) is 0 Å². The van der Waals surface area contributed by atoms with Gasteiger partial charge in [0, 0.05) is 6.54 Å². The molecule has 3 N–H and O–H groups in total. The highest BCUT2D eigenvalue weighted by atomic mass is 32.2.